The summed E-state index contributed by atoms with van der Waals surface area (Å²) >= 11 is 0. The van der Waals surface area contributed by atoms with Crippen LogP contribution in [0.1, 0.15) is 15.9 Å². The largest absolute Gasteiger partial charge is 0.456 e. The number of nitrogens with zero attached hydrogens (tertiary/aromatic N) is 9. The number of hydrogen-bond acceptors (Lipinski definition) is 9. The molecular weight excluding hydrogens is 478 g/mol. The Balaban J connectivity index is 1.67. The quantitative estimate of drug-likeness (QED) is 0.110. The number of aromatic nitrogens is 1. The molecule has 3 aromatic rings. The molecule has 1 amide bonds. The summed E-state index contributed by atoms with van der Waals surface area (Å²) in [5.41, 5.74) is 19.2. The van der Waals surface area contributed by atoms with E-state index in [-0.39, 0.29) is 18.0 Å². The minimum atomic E-state index is -0.785. The molecule has 186 valence electrons. The molecule has 0 saturated carbocycles. The Bertz CT molecular complexity index is 1400. The van der Waals surface area contributed by atoms with Crippen molar-refractivity contribution in [2.75, 3.05) is 28.5 Å². The van der Waals surface area contributed by atoms with Gasteiger partial charge in [0, 0.05) is 16.4 Å². The van der Waals surface area contributed by atoms with E-state index < -0.39 is 18.7 Å². The molecule has 1 aliphatic rings. The number of pyridine rings is 1. The van der Waals surface area contributed by atoms with Gasteiger partial charge in [-0.25, -0.2) is 15.6 Å². The second-order valence-electron chi connectivity index (χ2n) is 7.78. The Labute approximate surface area is 210 Å². The third-order valence-electron chi connectivity index (χ3n) is 5.51. The Hall–Kier alpha value is -5.29. The lowest BCUT2D eigenvalue weighted by Crippen LogP contribution is -2.50. The molecule has 0 fully saturated rings. The number of carbonyl (C=O) groups is 2. The molecule has 1 atom stereocenters. The van der Waals surface area contributed by atoms with E-state index in [2.05, 4.69) is 25.4 Å². The first kappa shape index (κ1) is 24.8. The van der Waals surface area contributed by atoms with Crippen LogP contribution in [-0.4, -0.2) is 36.2 Å². The van der Waals surface area contributed by atoms with Crippen LogP contribution in [0.5, 0.6) is 0 Å². The summed E-state index contributed by atoms with van der Waals surface area (Å²) in [4.78, 5) is 36.9. The fourth-order valence-corrected chi connectivity index (χ4v) is 3.77. The highest BCUT2D eigenvalue weighted by Crippen LogP contribution is 2.34. The number of esters is 1. The van der Waals surface area contributed by atoms with Crippen LogP contribution in [0, 0.1) is 0 Å². The molecule has 0 saturated heterocycles. The number of azide groups is 2. The minimum absolute atomic E-state index is 0.0904. The number of nitrogens with two attached hydrogens (primary N) is 1. The highest BCUT2D eigenvalue weighted by molar-refractivity contribution is 6.03. The van der Waals surface area contributed by atoms with Gasteiger partial charge in [0.25, 0.3) is 0 Å². The molecule has 0 spiro atoms. The predicted octanol–water partition coefficient (Wildman–Crippen LogP) is 4.16. The van der Waals surface area contributed by atoms with Crippen molar-refractivity contribution in [1.29, 1.82) is 0 Å². The van der Waals surface area contributed by atoms with Crippen LogP contribution in [0.15, 0.2) is 77.0 Å². The van der Waals surface area contributed by atoms with Gasteiger partial charge in [0.15, 0.2) is 12.5 Å². The van der Waals surface area contributed by atoms with Crippen LogP contribution in [0.2, 0.25) is 0 Å². The summed E-state index contributed by atoms with van der Waals surface area (Å²) < 4.78 is 4.89. The molecule has 14 nitrogen and oxygen atoms in total. The second-order valence-corrected chi connectivity index (χ2v) is 7.78. The number of hydrogen-bond donors (Lipinski definition) is 2. The maximum absolute atomic E-state index is 12.8. The van der Waals surface area contributed by atoms with Crippen molar-refractivity contribution in [3.8, 4) is 0 Å². The first-order valence-corrected chi connectivity index (χ1v) is 11.0. The molecule has 37 heavy (non-hydrogen) atoms. The van der Waals surface area contributed by atoms with Gasteiger partial charge < -0.3 is 15.0 Å². The summed E-state index contributed by atoms with van der Waals surface area (Å²) in [7, 11) is 0. The average molecular weight is 499 g/mol. The summed E-state index contributed by atoms with van der Waals surface area (Å²) in [6.45, 7) is -0.189. The molecule has 0 bridgehead atoms. The number of carbonyl (C=O) groups excluding carboxylic acids is 2. The van der Waals surface area contributed by atoms with Crippen molar-refractivity contribution in [2.45, 2.75) is 12.6 Å². The number of fused-ring (bicyclic) bond motifs is 1. The summed E-state index contributed by atoms with van der Waals surface area (Å²) in [5, 5.41) is 10.9. The number of nitrogens with one attached hydrogen (secondary N) is 1. The maximum atomic E-state index is 12.8. The number of amides is 1. The van der Waals surface area contributed by atoms with Crippen LogP contribution < -0.4 is 21.1 Å². The zero-order chi connectivity index (χ0) is 26.2. The SMILES string of the molecule is [N-]=[N+]=NCOC(=O)c1cccc(N(N)c2ccc3c(n2)N(Cc2ccccc2)[C@H](CN=[N+]=[N-])C(=O)N3)c1. The highest BCUT2D eigenvalue weighted by Gasteiger charge is 2.34. The third-order valence-corrected chi connectivity index (χ3v) is 5.51. The van der Waals surface area contributed by atoms with E-state index in [0.717, 1.165) is 5.56 Å². The lowest BCUT2D eigenvalue weighted by atomic mass is 10.1. The fourth-order valence-electron chi connectivity index (χ4n) is 3.77. The van der Waals surface area contributed by atoms with E-state index in [0.29, 0.717) is 29.6 Å². The molecule has 0 radical (unpaired) electrons. The first-order valence-electron chi connectivity index (χ1n) is 11.0. The Morgan fingerprint density at radius 2 is 1.89 bits per heavy atom. The molecule has 4 rings (SSSR count). The van der Waals surface area contributed by atoms with Crippen LogP contribution in [0.4, 0.5) is 23.0 Å². The Morgan fingerprint density at radius 1 is 1.11 bits per heavy atom. The lowest BCUT2D eigenvalue weighted by molar-refractivity contribution is -0.117. The number of ether oxygens (including phenoxy) is 1. The van der Waals surface area contributed by atoms with E-state index in [1.807, 2.05) is 30.3 Å². The van der Waals surface area contributed by atoms with Crippen molar-refractivity contribution >= 4 is 34.9 Å². The molecule has 0 unspecified atom stereocenters. The van der Waals surface area contributed by atoms with Gasteiger partial charge in [0.1, 0.15) is 11.9 Å². The smallest absolute Gasteiger partial charge is 0.338 e. The highest BCUT2D eigenvalue weighted by atomic mass is 16.5. The maximum Gasteiger partial charge on any atom is 0.338 e. The molecule has 2 aromatic carbocycles. The Kier molecular flexibility index (Phi) is 7.66. The van der Waals surface area contributed by atoms with Gasteiger partial charge in [-0.3, -0.25) is 9.80 Å². The first-order chi connectivity index (χ1) is 18.0. The standard InChI is InChI=1S/C23H21N11O3/c24-31-27-12-19-22(35)29-18-9-10-20(30-21(18)33(19)13-15-5-2-1-3-6-15)34(26)17-8-4-7-16(11-17)23(36)37-14-28-32-25/h1-11,19H,12-14,26H2,(H,29,35)/t19-/m1/s1. The van der Waals surface area contributed by atoms with Crippen LogP contribution in [0.3, 0.4) is 0 Å². The predicted molar refractivity (Wildman–Crippen MR) is 135 cm³/mol. The summed E-state index contributed by atoms with van der Waals surface area (Å²) in [6, 6.07) is 18.4. The van der Waals surface area contributed by atoms with Crippen LogP contribution in [-0.2, 0) is 16.1 Å². The zero-order valence-corrected chi connectivity index (χ0v) is 19.4. The van der Waals surface area contributed by atoms with Gasteiger partial charge in [0.05, 0.1) is 23.5 Å². The van der Waals surface area contributed by atoms with Crippen LogP contribution in [0.25, 0.3) is 20.9 Å². The Morgan fingerprint density at radius 3 is 2.65 bits per heavy atom. The second kappa shape index (κ2) is 11.4. The molecule has 1 aliphatic heterocycles. The molecular formula is C23H21N11O3. The average Bonchev–Trinajstić information content (AvgIpc) is 2.93. The third kappa shape index (κ3) is 5.69. The van der Waals surface area contributed by atoms with Crippen molar-refractivity contribution in [2.24, 2.45) is 16.1 Å². The summed E-state index contributed by atoms with van der Waals surface area (Å²) in [5.74, 6) is 6.13. The fraction of sp³-hybridized carbons (Fsp3) is 0.174. The normalized spacial score (nSPS) is 13.9. The van der Waals surface area contributed by atoms with E-state index in [4.69, 9.17) is 26.6 Å². The van der Waals surface area contributed by atoms with E-state index >= 15 is 0 Å². The van der Waals surface area contributed by atoms with Crippen molar-refractivity contribution in [3.05, 3.63) is 98.7 Å². The monoisotopic (exact) mass is 499 g/mol. The van der Waals surface area contributed by atoms with Gasteiger partial charge in [-0.2, -0.15) is 0 Å². The van der Waals surface area contributed by atoms with E-state index in [9.17, 15) is 9.59 Å². The van der Waals surface area contributed by atoms with Gasteiger partial charge >= 0.3 is 5.97 Å². The van der Waals surface area contributed by atoms with Gasteiger partial charge in [-0.05, 0) is 47.0 Å². The lowest BCUT2D eigenvalue weighted by Gasteiger charge is -2.37. The number of rotatable bonds is 9. The topological polar surface area (TPSA) is 198 Å². The van der Waals surface area contributed by atoms with Crippen molar-refractivity contribution in [1.82, 2.24) is 4.98 Å². The van der Waals surface area contributed by atoms with Gasteiger partial charge in [-0.15, -0.1) is 0 Å². The van der Waals surface area contributed by atoms with Crippen molar-refractivity contribution in [3.63, 3.8) is 0 Å². The minimum Gasteiger partial charge on any atom is -0.456 e. The van der Waals surface area contributed by atoms with E-state index in [1.165, 1.54) is 17.1 Å². The summed E-state index contributed by atoms with van der Waals surface area (Å²) in [6.07, 6.45) is 0. The molecule has 2 heterocycles. The van der Waals surface area contributed by atoms with Gasteiger partial charge in [0.2, 0.25) is 5.91 Å². The van der Waals surface area contributed by atoms with Crippen LogP contribution >= 0.6 is 0 Å². The molecule has 3 N–H and O–H groups in total. The number of anilines is 4. The van der Waals surface area contributed by atoms with Gasteiger partial charge in [-0.1, -0.05) is 46.6 Å². The zero-order valence-electron chi connectivity index (χ0n) is 19.4. The molecule has 14 heteroatoms. The number of hydrazine groups is 1. The van der Waals surface area contributed by atoms with Crippen molar-refractivity contribution < 1.29 is 14.3 Å². The molecule has 0 aliphatic carbocycles. The molecule has 1 aromatic heterocycles. The van der Waals surface area contributed by atoms with E-state index in [1.54, 1.807) is 29.2 Å². The number of benzene rings is 2.